The molecule has 2 aliphatic rings. The monoisotopic (exact) mass is 272 g/mol. The van der Waals surface area contributed by atoms with Crippen molar-refractivity contribution in [2.45, 2.75) is 18.4 Å². The van der Waals surface area contributed by atoms with Gasteiger partial charge >= 0.3 is 12.0 Å². The Labute approximate surface area is 111 Å². The van der Waals surface area contributed by atoms with Gasteiger partial charge < -0.3 is 24.8 Å². The number of likely N-dealkylation sites (tertiary alicyclic amines) is 1. The Morgan fingerprint density at radius 1 is 1.58 bits per heavy atom. The molecule has 7 nitrogen and oxygen atoms in total. The molecule has 2 fully saturated rings. The van der Waals surface area contributed by atoms with Crippen molar-refractivity contribution in [2.75, 3.05) is 40.0 Å². The second-order valence-corrected chi connectivity index (χ2v) is 5.18. The average Bonchev–Trinajstić information content (AvgIpc) is 2.99. The van der Waals surface area contributed by atoms with Crippen LogP contribution in [0.1, 0.15) is 12.8 Å². The summed E-state index contributed by atoms with van der Waals surface area (Å²) >= 11 is 0. The van der Waals surface area contributed by atoms with Gasteiger partial charge in [-0.25, -0.2) is 9.59 Å². The third kappa shape index (κ3) is 2.98. The van der Waals surface area contributed by atoms with E-state index in [1.54, 1.807) is 12.0 Å². The van der Waals surface area contributed by atoms with E-state index in [0.29, 0.717) is 38.6 Å². The first-order valence-corrected chi connectivity index (χ1v) is 6.44. The zero-order chi connectivity index (χ0) is 13.9. The van der Waals surface area contributed by atoms with E-state index < -0.39 is 11.5 Å². The third-order valence-corrected chi connectivity index (χ3v) is 3.75. The number of methoxy groups -OCH3 is 1. The summed E-state index contributed by atoms with van der Waals surface area (Å²) < 4.78 is 10.2. The molecule has 2 rings (SSSR count). The minimum absolute atomic E-state index is 0.0312. The predicted molar refractivity (Wildman–Crippen MR) is 65.9 cm³/mol. The topological polar surface area (TPSA) is 88.1 Å². The summed E-state index contributed by atoms with van der Waals surface area (Å²) in [5.74, 6) is -0.706. The summed E-state index contributed by atoms with van der Waals surface area (Å²) in [6.45, 7) is 2.26. The van der Waals surface area contributed by atoms with Gasteiger partial charge in [-0.05, 0) is 6.42 Å². The van der Waals surface area contributed by atoms with E-state index in [4.69, 9.17) is 9.47 Å². The lowest BCUT2D eigenvalue weighted by Crippen LogP contribution is -2.58. The maximum absolute atomic E-state index is 12.1. The number of carbonyl (C=O) groups excluding carboxylic acids is 1. The highest BCUT2D eigenvalue weighted by atomic mass is 16.5. The molecule has 2 saturated heterocycles. The molecule has 0 aliphatic carbocycles. The van der Waals surface area contributed by atoms with Gasteiger partial charge in [-0.15, -0.1) is 0 Å². The summed E-state index contributed by atoms with van der Waals surface area (Å²) in [5.41, 5.74) is -1.27. The van der Waals surface area contributed by atoms with Crippen molar-refractivity contribution < 1.29 is 24.2 Å². The highest BCUT2D eigenvalue weighted by Crippen LogP contribution is 2.21. The summed E-state index contributed by atoms with van der Waals surface area (Å²) in [7, 11) is 1.64. The van der Waals surface area contributed by atoms with Crippen LogP contribution in [-0.2, 0) is 14.3 Å². The minimum Gasteiger partial charge on any atom is -0.479 e. The molecule has 2 atom stereocenters. The molecule has 2 heterocycles. The van der Waals surface area contributed by atoms with E-state index in [1.165, 1.54) is 0 Å². The standard InChI is InChI=1S/C12H20N2O5/c1-18-7-9-2-4-14(6-9)11(17)13-12(10(15)16)3-5-19-8-12/h9H,2-8H2,1H3,(H,13,17)(H,15,16). The van der Waals surface area contributed by atoms with Crippen LogP contribution < -0.4 is 5.32 Å². The second-order valence-electron chi connectivity index (χ2n) is 5.18. The summed E-state index contributed by atoms with van der Waals surface area (Å²) in [6.07, 6.45) is 1.20. The molecule has 19 heavy (non-hydrogen) atoms. The number of rotatable bonds is 4. The normalized spacial score (nSPS) is 30.6. The van der Waals surface area contributed by atoms with Crippen molar-refractivity contribution in [3.05, 3.63) is 0 Å². The van der Waals surface area contributed by atoms with Crippen molar-refractivity contribution in [3.63, 3.8) is 0 Å². The maximum atomic E-state index is 12.1. The van der Waals surface area contributed by atoms with Crippen molar-refractivity contribution in [1.29, 1.82) is 0 Å². The molecule has 0 aromatic carbocycles. The van der Waals surface area contributed by atoms with Gasteiger partial charge in [-0.1, -0.05) is 0 Å². The van der Waals surface area contributed by atoms with Crippen LogP contribution in [-0.4, -0.2) is 67.6 Å². The molecule has 7 heteroatoms. The van der Waals surface area contributed by atoms with E-state index in [0.717, 1.165) is 6.42 Å². The summed E-state index contributed by atoms with van der Waals surface area (Å²) in [5, 5.41) is 11.9. The molecular formula is C12H20N2O5. The molecule has 0 radical (unpaired) electrons. The maximum Gasteiger partial charge on any atom is 0.332 e. The highest BCUT2D eigenvalue weighted by molar-refractivity contribution is 5.86. The summed E-state index contributed by atoms with van der Waals surface area (Å²) in [4.78, 5) is 25.1. The van der Waals surface area contributed by atoms with E-state index in [-0.39, 0.29) is 12.6 Å². The minimum atomic E-state index is -1.27. The van der Waals surface area contributed by atoms with Crippen LogP contribution in [0.3, 0.4) is 0 Å². The van der Waals surface area contributed by atoms with Crippen LogP contribution in [0.25, 0.3) is 0 Å². The number of ether oxygens (including phenoxy) is 2. The van der Waals surface area contributed by atoms with Crippen LogP contribution in [0.2, 0.25) is 0 Å². The van der Waals surface area contributed by atoms with Gasteiger partial charge in [0.2, 0.25) is 0 Å². The first kappa shape index (κ1) is 14.1. The number of hydrogen-bond acceptors (Lipinski definition) is 4. The molecular weight excluding hydrogens is 252 g/mol. The summed E-state index contributed by atoms with van der Waals surface area (Å²) in [6, 6.07) is -0.327. The van der Waals surface area contributed by atoms with E-state index in [9.17, 15) is 14.7 Å². The fourth-order valence-corrected chi connectivity index (χ4v) is 2.56. The largest absolute Gasteiger partial charge is 0.479 e. The van der Waals surface area contributed by atoms with Gasteiger partial charge in [0.05, 0.1) is 13.2 Å². The number of carboxylic acids is 1. The Morgan fingerprint density at radius 3 is 2.95 bits per heavy atom. The van der Waals surface area contributed by atoms with E-state index in [1.807, 2.05) is 0 Å². The molecule has 0 saturated carbocycles. The van der Waals surface area contributed by atoms with Crippen LogP contribution in [0.5, 0.6) is 0 Å². The van der Waals surface area contributed by atoms with Crippen LogP contribution in [0.4, 0.5) is 4.79 Å². The fourth-order valence-electron chi connectivity index (χ4n) is 2.56. The molecule has 108 valence electrons. The lowest BCUT2D eigenvalue weighted by atomic mass is 9.99. The molecule has 0 bridgehead atoms. The van der Waals surface area contributed by atoms with E-state index in [2.05, 4.69) is 5.32 Å². The first-order valence-electron chi connectivity index (χ1n) is 6.44. The van der Waals surface area contributed by atoms with Crippen LogP contribution >= 0.6 is 0 Å². The Kier molecular flexibility index (Phi) is 4.26. The first-order chi connectivity index (χ1) is 9.07. The van der Waals surface area contributed by atoms with Gasteiger partial charge in [0.1, 0.15) is 0 Å². The molecule has 2 amide bonds. The van der Waals surface area contributed by atoms with Crippen molar-refractivity contribution >= 4 is 12.0 Å². The molecule has 0 spiro atoms. The fraction of sp³-hybridized carbons (Fsp3) is 0.833. The molecule has 0 aromatic heterocycles. The Bertz CT molecular complexity index is 354. The Hall–Kier alpha value is -1.34. The smallest absolute Gasteiger partial charge is 0.332 e. The molecule has 2 N–H and O–H groups in total. The number of nitrogens with zero attached hydrogens (tertiary/aromatic N) is 1. The number of hydrogen-bond donors (Lipinski definition) is 2. The zero-order valence-electron chi connectivity index (χ0n) is 11.1. The van der Waals surface area contributed by atoms with Gasteiger partial charge in [0.25, 0.3) is 0 Å². The Morgan fingerprint density at radius 2 is 2.37 bits per heavy atom. The second kappa shape index (κ2) is 5.75. The lowest BCUT2D eigenvalue weighted by molar-refractivity contribution is -0.144. The molecule has 2 aliphatic heterocycles. The molecule has 0 aromatic rings. The van der Waals surface area contributed by atoms with Crippen LogP contribution in [0.15, 0.2) is 0 Å². The Balaban J connectivity index is 1.92. The van der Waals surface area contributed by atoms with Gasteiger partial charge in [-0.3, -0.25) is 0 Å². The van der Waals surface area contributed by atoms with Gasteiger partial charge in [-0.2, -0.15) is 0 Å². The number of carboxylic acid groups (broad SMARTS) is 1. The predicted octanol–water partition coefficient (Wildman–Crippen LogP) is -0.0920. The third-order valence-electron chi connectivity index (χ3n) is 3.75. The van der Waals surface area contributed by atoms with Crippen molar-refractivity contribution in [3.8, 4) is 0 Å². The number of nitrogens with one attached hydrogen (secondary N) is 1. The number of carbonyl (C=O) groups is 2. The molecule has 2 unspecified atom stereocenters. The highest BCUT2D eigenvalue weighted by Gasteiger charge is 2.45. The van der Waals surface area contributed by atoms with Gasteiger partial charge in [0.15, 0.2) is 5.54 Å². The average molecular weight is 272 g/mol. The van der Waals surface area contributed by atoms with Crippen molar-refractivity contribution in [2.24, 2.45) is 5.92 Å². The van der Waals surface area contributed by atoms with Gasteiger partial charge in [0, 0.05) is 39.1 Å². The quantitative estimate of drug-likeness (QED) is 0.746. The number of amides is 2. The SMILES string of the molecule is COCC1CCN(C(=O)NC2(C(=O)O)CCOC2)C1. The lowest BCUT2D eigenvalue weighted by Gasteiger charge is -2.27. The van der Waals surface area contributed by atoms with Crippen LogP contribution in [0, 0.1) is 5.92 Å². The van der Waals surface area contributed by atoms with E-state index >= 15 is 0 Å². The number of aliphatic carboxylic acids is 1. The zero-order valence-corrected chi connectivity index (χ0v) is 11.1. The number of urea groups is 1. The van der Waals surface area contributed by atoms with Crippen molar-refractivity contribution in [1.82, 2.24) is 10.2 Å².